The Morgan fingerprint density at radius 1 is 1.40 bits per heavy atom. The summed E-state index contributed by atoms with van der Waals surface area (Å²) in [5.74, 6) is 2.14. The van der Waals surface area contributed by atoms with Gasteiger partial charge in [-0.05, 0) is 44.5 Å². The molecule has 20 heavy (non-hydrogen) atoms. The van der Waals surface area contributed by atoms with Crippen LogP contribution in [0.15, 0.2) is 10.5 Å². The quantitative estimate of drug-likeness (QED) is 0.913. The number of hydrogen-bond acceptors (Lipinski definition) is 4. The van der Waals surface area contributed by atoms with E-state index in [9.17, 15) is 0 Å². The lowest BCUT2D eigenvalue weighted by Crippen LogP contribution is -2.21. The molecule has 0 aliphatic carbocycles. The van der Waals surface area contributed by atoms with Gasteiger partial charge in [0.25, 0.3) is 0 Å². The third kappa shape index (κ3) is 2.67. The maximum absolute atomic E-state index is 5.83. The van der Waals surface area contributed by atoms with E-state index in [4.69, 9.17) is 15.2 Å². The highest BCUT2D eigenvalue weighted by atomic mass is 79.9. The molecule has 0 amide bonds. The van der Waals surface area contributed by atoms with Gasteiger partial charge in [-0.3, -0.25) is 4.90 Å². The van der Waals surface area contributed by atoms with Gasteiger partial charge < -0.3 is 15.2 Å². The van der Waals surface area contributed by atoms with Gasteiger partial charge in [0.15, 0.2) is 11.5 Å². The molecule has 112 valence electrons. The molecule has 1 aliphatic rings. The van der Waals surface area contributed by atoms with E-state index in [0.29, 0.717) is 12.0 Å². The highest BCUT2D eigenvalue weighted by Crippen LogP contribution is 2.45. The van der Waals surface area contributed by atoms with Crippen molar-refractivity contribution in [1.82, 2.24) is 4.90 Å². The number of benzene rings is 1. The lowest BCUT2D eigenvalue weighted by molar-refractivity contribution is 0.308. The Morgan fingerprint density at radius 2 is 2.10 bits per heavy atom. The first-order chi connectivity index (χ1) is 9.53. The number of halogens is 1. The molecule has 1 saturated heterocycles. The monoisotopic (exact) mass is 342 g/mol. The molecule has 2 atom stereocenters. The number of methoxy groups -OCH3 is 2. The summed E-state index contributed by atoms with van der Waals surface area (Å²) in [4.78, 5) is 2.37. The summed E-state index contributed by atoms with van der Waals surface area (Å²) < 4.78 is 12.0. The minimum absolute atomic E-state index is 0.373. The zero-order chi connectivity index (χ0) is 14.9. The number of likely N-dealkylation sites (tertiary alicyclic amines) is 1. The summed E-state index contributed by atoms with van der Waals surface area (Å²) in [6.45, 7) is 3.87. The summed E-state index contributed by atoms with van der Waals surface area (Å²) in [6.07, 6.45) is 1.09. The van der Waals surface area contributed by atoms with Crippen molar-refractivity contribution < 1.29 is 9.47 Å². The van der Waals surface area contributed by atoms with Gasteiger partial charge in [0, 0.05) is 22.6 Å². The van der Waals surface area contributed by atoms with Gasteiger partial charge in [-0.1, -0.05) is 15.9 Å². The van der Waals surface area contributed by atoms with Gasteiger partial charge in [-0.25, -0.2) is 0 Å². The SMILES string of the molecule is COc1cc(Br)c(C2CC(CN)CN2C)c(C)c1OC. The van der Waals surface area contributed by atoms with Crippen LogP contribution in [0, 0.1) is 12.8 Å². The minimum atomic E-state index is 0.373. The van der Waals surface area contributed by atoms with E-state index in [1.54, 1.807) is 14.2 Å². The Labute approximate surface area is 129 Å². The van der Waals surface area contributed by atoms with E-state index in [2.05, 4.69) is 34.8 Å². The van der Waals surface area contributed by atoms with Gasteiger partial charge in [-0.15, -0.1) is 0 Å². The second-order valence-corrected chi connectivity index (χ2v) is 6.28. The fraction of sp³-hybridized carbons (Fsp3) is 0.600. The van der Waals surface area contributed by atoms with Crippen LogP contribution in [0.25, 0.3) is 0 Å². The van der Waals surface area contributed by atoms with Crippen LogP contribution in [-0.4, -0.2) is 39.3 Å². The van der Waals surface area contributed by atoms with Crippen LogP contribution in [0.3, 0.4) is 0 Å². The third-order valence-electron chi connectivity index (χ3n) is 4.21. The Hall–Kier alpha value is -0.780. The molecule has 2 unspecified atom stereocenters. The Morgan fingerprint density at radius 3 is 2.60 bits per heavy atom. The molecule has 1 fully saturated rings. The molecular formula is C15H23BrN2O2. The van der Waals surface area contributed by atoms with E-state index in [-0.39, 0.29) is 0 Å². The smallest absolute Gasteiger partial charge is 0.164 e. The van der Waals surface area contributed by atoms with Crippen molar-refractivity contribution in [3.8, 4) is 11.5 Å². The number of nitrogens with two attached hydrogens (primary N) is 1. The lowest BCUT2D eigenvalue weighted by Gasteiger charge is -2.25. The van der Waals surface area contributed by atoms with Gasteiger partial charge in [0.1, 0.15) is 0 Å². The topological polar surface area (TPSA) is 47.7 Å². The van der Waals surface area contributed by atoms with Crippen molar-refractivity contribution in [3.63, 3.8) is 0 Å². The molecule has 1 aromatic rings. The first kappa shape index (κ1) is 15.6. The van der Waals surface area contributed by atoms with Crippen LogP contribution in [0.1, 0.15) is 23.6 Å². The molecule has 0 saturated carbocycles. The van der Waals surface area contributed by atoms with E-state index >= 15 is 0 Å². The Bertz CT molecular complexity index is 493. The molecular weight excluding hydrogens is 320 g/mol. The summed E-state index contributed by atoms with van der Waals surface area (Å²) in [7, 11) is 5.50. The largest absolute Gasteiger partial charge is 0.493 e. The van der Waals surface area contributed by atoms with Crippen molar-refractivity contribution >= 4 is 15.9 Å². The van der Waals surface area contributed by atoms with Gasteiger partial charge in [0.05, 0.1) is 14.2 Å². The molecule has 0 radical (unpaired) electrons. The van der Waals surface area contributed by atoms with Crippen molar-refractivity contribution in [1.29, 1.82) is 0 Å². The van der Waals surface area contributed by atoms with Crippen LogP contribution in [0.4, 0.5) is 0 Å². The molecule has 2 N–H and O–H groups in total. The second kappa shape index (κ2) is 6.33. The predicted octanol–water partition coefficient (Wildman–Crippen LogP) is 2.73. The van der Waals surface area contributed by atoms with Gasteiger partial charge in [0.2, 0.25) is 0 Å². The zero-order valence-corrected chi connectivity index (χ0v) is 14.2. The molecule has 1 heterocycles. The summed E-state index contributed by atoms with van der Waals surface area (Å²) >= 11 is 3.69. The molecule has 1 aromatic carbocycles. The van der Waals surface area contributed by atoms with Crippen molar-refractivity contribution in [2.75, 3.05) is 34.4 Å². The van der Waals surface area contributed by atoms with E-state index in [0.717, 1.165) is 41.0 Å². The van der Waals surface area contributed by atoms with Gasteiger partial charge >= 0.3 is 0 Å². The standard InChI is InChI=1S/C15H23BrN2O2/c1-9-14(12-5-10(7-17)8-18(12)2)11(16)6-13(19-3)15(9)20-4/h6,10,12H,5,7-8,17H2,1-4H3. The van der Waals surface area contributed by atoms with Crippen LogP contribution < -0.4 is 15.2 Å². The average molecular weight is 343 g/mol. The van der Waals surface area contributed by atoms with Gasteiger partial charge in [-0.2, -0.15) is 0 Å². The van der Waals surface area contributed by atoms with Crippen molar-refractivity contribution in [3.05, 3.63) is 21.7 Å². The molecule has 0 spiro atoms. The zero-order valence-electron chi connectivity index (χ0n) is 12.6. The van der Waals surface area contributed by atoms with Crippen molar-refractivity contribution in [2.24, 2.45) is 11.7 Å². The fourth-order valence-corrected chi connectivity index (χ4v) is 3.94. The highest BCUT2D eigenvalue weighted by molar-refractivity contribution is 9.10. The van der Waals surface area contributed by atoms with E-state index in [1.807, 2.05) is 6.07 Å². The normalized spacial score (nSPS) is 23.1. The van der Waals surface area contributed by atoms with Crippen LogP contribution in [0.5, 0.6) is 11.5 Å². The molecule has 0 bridgehead atoms. The number of nitrogens with zero attached hydrogens (tertiary/aromatic N) is 1. The summed E-state index contributed by atoms with van der Waals surface area (Å²) in [5.41, 5.74) is 8.24. The second-order valence-electron chi connectivity index (χ2n) is 5.43. The molecule has 2 rings (SSSR count). The van der Waals surface area contributed by atoms with Crippen LogP contribution in [0.2, 0.25) is 0 Å². The molecule has 0 aromatic heterocycles. The number of rotatable bonds is 4. The highest BCUT2D eigenvalue weighted by Gasteiger charge is 2.33. The number of ether oxygens (including phenoxy) is 2. The average Bonchev–Trinajstić information content (AvgIpc) is 2.79. The minimum Gasteiger partial charge on any atom is -0.493 e. The number of hydrogen-bond donors (Lipinski definition) is 1. The first-order valence-corrected chi connectivity index (χ1v) is 7.64. The third-order valence-corrected chi connectivity index (χ3v) is 4.87. The Balaban J connectivity index is 2.47. The Kier molecular flexibility index (Phi) is 4.94. The first-order valence-electron chi connectivity index (χ1n) is 6.84. The molecule has 4 nitrogen and oxygen atoms in total. The molecule has 1 aliphatic heterocycles. The van der Waals surface area contributed by atoms with Crippen molar-refractivity contribution in [2.45, 2.75) is 19.4 Å². The fourth-order valence-electron chi connectivity index (χ4n) is 3.17. The lowest BCUT2D eigenvalue weighted by atomic mass is 9.95. The molecule has 5 heteroatoms. The summed E-state index contributed by atoms with van der Waals surface area (Å²) in [5, 5.41) is 0. The maximum atomic E-state index is 5.83. The van der Waals surface area contributed by atoms with E-state index in [1.165, 1.54) is 5.56 Å². The van der Waals surface area contributed by atoms with Crippen LogP contribution in [-0.2, 0) is 0 Å². The van der Waals surface area contributed by atoms with Crippen LogP contribution >= 0.6 is 15.9 Å². The summed E-state index contributed by atoms with van der Waals surface area (Å²) in [6, 6.07) is 2.36. The van der Waals surface area contributed by atoms with E-state index < -0.39 is 0 Å². The maximum Gasteiger partial charge on any atom is 0.164 e. The predicted molar refractivity (Wildman–Crippen MR) is 84.5 cm³/mol.